The van der Waals surface area contributed by atoms with Gasteiger partial charge in [-0.2, -0.15) is 0 Å². The normalized spacial score (nSPS) is 16.5. The minimum absolute atomic E-state index is 0.113. The highest BCUT2D eigenvalue weighted by molar-refractivity contribution is 6.36. The first-order chi connectivity index (χ1) is 14.5. The van der Waals surface area contributed by atoms with Gasteiger partial charge in [-0.3, -0.25) is 9.59 Å². The van der Waals surface area contributed by atoms with Crippen molar-refractivity contribution in [2.45, 2.75) is 6.42 Å². The van der Waals surface area contributed by atoms with E-state index in [0.29, 0.717) is 27.0 Å². The summed E-state index contributed by atoms with van der Waals surface area (Å²) in [5, 5.41) is 5.82. The van der Waals surface area contributed by atoms with Crippen molar-refractivity contribution < 1.29 is 14.0 Å². The zero-order valence-corrected chi connectivity index (χ0v) is 17.2. The van der Waals surface area contributed by atoms with Crippen LogP contribution in [0.15, 0.2) is 65.1 Å². The molecule has 1 fully saturated rings. The zero-order chi connectivity index (χ0) is 20.8. The maximum absolute atomic E-state index is 12.8. The second-order valence-electron chi connectivity index (χ2n) is 7.30. The first kappa shape index (κ1) is 19.0. The molecule has 150 valence electrons. The molecule has 1 atom stereocenters. The number of halogens is 2. The zero-order valence-electron chi connectivity index (χ0n) is 15.7. The van der Waals surface area contributed by atoms with Crippen molar-refractivity contribution in [1.29, 1.82) is 0 Å². The van der Waals surface area contributed by atoms with E-state index in [0.717, 1.165) is 16.4 Å². The summed E-state index contributed by atoms with van der Waals surface area (Å²) < 4.78 is 5.88. The highest BCUT2D eigenvalue weighted by Crippen LogP contribution is 2.34. The summed E-state index contributed by atoms with van der Waals surface area (Å²) in [5.41, 5.74) is 2.64. The van der Waals surface area contributed by atoms with E-state index in [1.807, 2.05) is 36.4 Å². The summed E-state index contributed by atoms with van der Waals surface area (Å²) in [7, 11) is 0. The number of anilines is 2. The van der Waals surface area contributed by atoms with E-state index in [1.54, 1.807) is 24.3 Å². The van der Waals surface area contributed by atoms with Gasteiger partial charge in [-0.15, -0.1) is 0 Å². The van der Waals surface area contributed by atoms with Crippen LogP contribution >= 0.6 is 23.2 Å². The maximum Gasteiger partial charge on any atom is 0.229 e. The average molecular weight is 439 g/mol. The number of benzene rings is 3. The minimum Gasteiger partial charge on any atom is -0.456 e. The molecular formula is C23H16Cl2N2O3. The Balaban J connectivity index is 1.36. The molecule has 1 aromatic heterocycles. The molecule has 1 aliphatic heterocycles. The summed E-state index contributed by atoms with van der Waals surface area (Å²) in [6.45, 7) is 0.248. The quantitative estimate of drug-likeness (QED) is 0.433. The Morgan fingerprint density at radius 2 is 1.80 bits per heavy atom. The Morgan fingerprint density at radius 1 is 1.00 bits per heavy atom. The summed E-state index contributed by atoms with van der Waals surface area (Å²) in [6, 6.07) is 18.3. The van der Waals surface area contributed by atoms with Crippen LogP contribution in [-0.2, 0) is 9.59 Å². The van der Waals surface area contributed by atoms with Crippen LogP contribution in [0.25, 0.3) is 21.9 Å². The topological polar surface area (TPSA) is 62.6 Å². The van der Waals surface area contributed by atoms with E-state index in [-0.39, 0.29) is 24.8 Å². The lowest BCUT2D eigenvalue weighted by atomic mass is 10.1. The molecule has 2 heterocycles. The maximum atomic E-state index is 12.8. The van der Waals surface area contributed by atoms with Gasteiger partial charge in [0.15, 0.2) is 0 Å². The molecule has 1 saturated heterocycles. The van der Waals surface area contributed by atoms with Crippen LogP contribution in [0, 0.1) is 5.92 Å². The molecule has 0 aliphatic carbocycles. The molecule has 3 aromatic carbocycles. The van der Waals surface area contributed by atoms with Crippen molar-refractivity contribution >= 4 is 68.3 Å². The molecule has 0 unspecified atom stereocenters. The van der Waals surface area contributed by atoms with Crippen molar-refractivity contribution in [2.75, 3.05) is 16.8 Å². The molecule has 0 spiro atoms. The number of furan rings is 1. The lowest BCUT2D eigenvalue weighted by Gasteiger charge is -2.18. The molecule has 1 aliphatic rings. The number of hydrogen-bond donors (Lipinski definition) is 1. The van der Waals surface area contributed by atoms with E-state index in [1.165, 1.54) is 4.90 Å². The second kappa shape index (κ2) is 7.35. The van der Waals surface area contributed by atoms with Crippen LogP contribution in [-0.4, -0.2) is 18.4 Å². The van der Waals surface area contributed by atoms with Gasteiger partial charge in [0.1, 0.15) is 11.2 Å². The average Bonchev–Trinajstić information content (AvgIpc) is 3.30. The van der Waals surface area contributed by atoms with Crippen molar-refractivity contribution in [3.05, 3.63) is 70.7 Å². The number of fused-ring (bicyclic) bond motifs is 3. The van der Waals surface area contributed by atoms with Gasteiger partial charge in [-0.25, -0.2) is 0 Å². The predicted molar refractivity (Wildman–Crippen MR) is 119 cm³/mol. The van der Waals surface area contributed by atoms with E-state index in [4.69, 9.17) is 27.6 Å². The van der Waals surface area contributed by atoms with E-state index >= 15 is 0 Å². The second-order valence-corrected chi connectivity index (χ2v) is 8.14. The van der Waals surface area contributed by atoms with Crippen molar-refractivity contribution in [1.82, 2.24) is 0 Å². The molecule has 30 heavy (non-hydrogen) atoms. The van der Waals surface area contributed by atoms with Gasteiger partial charge < -0.3 is 14.6 Å². The van der Waals surface area contributed by atoms with Gasteiger partial charge in [0.2, 0.25) is 11.8 Å². The number of rotatable bonds is 3. The molecular weight excluding hydrogens is 423 g/mol. The van der Waals surface area contributed by atoms with Crippen LogP contribution in [0.3, 0.4) is 0 Å². The largest absolute Gasteiger partial charge is 0.456 e. The van der Waals surface area contributed by atoms with Gasteiger partial charge in [0.25, 0.3) is 0 Å². The fourth-order valence-corrected chi connectivity index (χ4v) is 4.24. The molecule has 5 nitrogen and oxygen atoms in total. The lowest BCUT2D eigenvalue weighted by molar-refractivity contribution is -0.122. The fraction of sp³-hybridized carbons (Fsp3) is 0.130. The van der Waals surface area contributed by atoms with Crippen LogP contribution in [0.5, 0.6) is 0 Å². The van der Waals surface area contributed by atoms with Crippen LogP contribution in [0.1, 0.15) is 6.42 Å². The van der Waals surface area contributed by atoms with Crippen molar-refractivity contribution in [3.8, 4) is 0 Å². The van der Waals surface area contributed by atoms with E-state index in [2.05, 4.69) is 5.32 Å². The summed E-state index contributed by atoms with van der Waals surface area (Å²) >= 11 is 12.3. The predicted octanol–water partition coefficient (Wildman–Crippen LogP) is 5.88. The monoisotopic (exact) mass is 438 g/mol. The molecule has 4 aromatic rings. The van der Waals surface area contributed by atoms with Crippen LogP contribution in [0.2, 0.25) is 10.0 Å². The summed E-state index contributed by atoms with van der Waals surface area (Å²) in [4.78, 5) is 26.8. The molecule has 0 bridgehead atoms. The van der Waals surface area contributed by atoms with Crippen molar-refractivity contribution in [3.63, 3.8) is 0 Å². The van der Waals surface area contributed by atoms with Gasteiger partial charge in [-0.05, 0) is 36.4 Å². The number of para-hydroxylation sites is 1. The van der Waals surface area contributed by atoms with Crippen LogP contribution < -0.4 is 10.2 Å². The minimum atomic E-state index is -0.487. The number of hydrogen-bond acceptors (Lipinski definition) is 3. The number of carbonyl (C=O) groups excluding carboxylic acids is 2. The molecule has 1 N–H and O–H groups in total. The smallest absolute Gasteiger partial charge is 0.229 e. The number of nitrogens with zero attached hydrogens (tertiary/aromatic N) is 1. The first-order valence-electron chi connectivity index (χ1n) is 9.47. The fourth-order valence-electron chi connectivity index (χ4n) is 3.86. The number of amides is 2. The van der Waals surface area contributed by atoms with E-state index in [9.17, 15) is 9.59 Å². The third-order valence-electron chi connectivity index (χ3n) is 5.34. The molecule has 5 rings (SSSR count). The summed E-state index contributed by atoms with van der Waals surface area (Å²) in [6.07, 6.45) is 0.113. The Morgan fingerprint density at radius 3 is 2.67 bits per heavy atom. The summed E-state index contributed by atoms with van der Waals surface area (Å²) in [5.74, 6) is -0.870. The number of nitrogens with one attached hydrogen (secondary N) is 1. The Labute approximate surface area is 182 Å². The molecule has 7 heteroatoms. The highest BCUT2D eigenvalue weighted by atomic mass is 35.5. The Hall–Kier alpha value is -3.02. The standard InChI is InChI=1S/C23H16Cl2N2O3/c24-14-5-8-18(25)19(10-14)27-12-13(9-22(27)28)23(29)26-15-6-7-17-16-3-1-2-4-20(16)30-21(17)11-15/h1-8,10-11,13H,9,12H2,(H,26,29)/t13-/m1/s1. The SMILES string of the molecule is O=C(Nc1ccc2c(c1)oc1ccccc12)[C@@H]1CC(=O)N(c2cc(Cl)ccc2Cl)C1. The van der Waals surface area contributed by atoms with Gasteiger partial charge in [-0.1, -0.05) is 41.4 Å². The third kappa shape index (κ3) is 3.30. The Kier molecular flexibility index (Phi) is 4.65. The molecule has 0 saturated carbocycles. The first-order valence-corrected chi connectivity index (χ1v) is 10.2. The highest BCUT2D eigenvalue weighted by Gasteiger charge is 2.36. The van der Waals surface area contributed by atoms with Crippen LogP contribution in [0.4, 0.5) is 11.4 Å². The van der Waals surface area contributed by atoms with Gasteiger partial charge in [0.05, 0.1) is 16.6 Å². The Bertz CT molecular complexity index is 1310. The third-order valence-corrected chi connectivity index (χ3v) is 5.90. The number of carbonyl (C=O) groups is 2. The molecule has 0 radical (unpaired) electrons. The lowest BCUT2D eigenvalue weighted by Crippen LogP contribution is -2.28. The van der Waals surface area contributed by atoms with E-state index < -0.39 is 5.92 Å². The van der Waals surface area contributed by atoms with Crippen molar-refractivity contribution in [2.24, 2.45) is 5.92 Å². The van der Waals surface area contributed by atoms with Gasteiger partial charge >= 0.3 is 0 Å². The van der Waals surface area contributed by atoms with Gasteiger partial charge in [0, 0.05) is 40.5 Å². The molecule has 2 amide bonds.